The highest BCUT2D eigenvalue weighted by Crippen LogP contribution is 2.80. The zero-order valence-electron chi connectivity index (χ0n) is 44.3. The minimum atomic E-state index is -1.89. The van der Waals surface area contributed by atoms with Crippen LogP contribution in [0.25, 0.3) is 0 Å². The Hall–Kier alpha value is -1.17. The van der Waals surface area contributed by atoms with Crippen LogP contribution < -0.4 is 0 Å². The van der Waals surface area contributed by atoms with Crippen molar-refractivity contribution in [2.45, 2.75) is 247 Å². The topological polar surface area (TPSA) is 343 Å². The lowest BCUT2D eigenvalue weighted by Gasteiger charge is -2.75. The van der Waals surface area contributed by atoms with Gasteiger partial charge in [0.15, 0.2) is 25.2 Å². The van der Waals surface area contributed by atoms with Crippen molar-refractivity contribution in [3.05, 3.63) is 0 Å². The van der Waals surface area contributed by atoms with Crippen molar-refractivity contribution in [2.75, 3.05) is 26.4 Å². The second-order valence-electron chi connectivity index (χ2n) is 26.2. The molecule has 5 aliphatic heterocycles. The van der Waals surface area contributed by atoms with E-state index in [-0.39, 0.29) is 39.4 Å². The van der Waals surface area contributed by atoms with Crippen LogP contribution in [0.5, 0.6) is 0 Å². The first-order valence-electron chi connectivity index (χ1n) is 27.5. The number of aliphatic hydroxyl groups excluding tert-OH is 12. The predicted molar refractivity (Wildman–Crippen MR) is 255 cm³/mol. The number of aldehydes is 1. The molecule has 0 aromatic carbocycles. The zero-order valence-corrected chi connectivity index (χ0v) is 44.3. The number of ether oxygens (including phenoxy) is 9. The Balaban J connectivity index is 0.902. The molecule has 12 N–H and O–H groups in total. The van der Waals surface area contributed by atoms with E-state index in [1.165, 1.54) is 6.92 Å². The van der Waals surface area contributed by atoms with E-state index < -0.39 is 165 Å². The van der Waals surface area contributed by atoms with Gasteiger partial charge in [0.1, 0.15) is 91.7 Å². The van der Waals surface area contributed by atoms with Crippen molar-refractivity contribution in [3.8, 4) is 0 Å². The summed E-state index contributed by atoms with van der Waals surface area (Å²) in [4.78, 5) is 12.6. The molecule has 75 heavy (non-hydrogen) atoms. The smallest absolute Gasteiger partial charge is 0.187 e. The SMILES string of the molecule is C[C@@H]1O[C@@H](O[C@H]2[C@H](O[C@H]3CO[C@@H](O[C@H]4CC[C@]5(C)[C@H]6CC[C@]78OC[C@@]9(CC[C@](C)(C=O)CC97)[C@H](O)C[C@@]8(C)[C@]6(C)CC[C@H]5C4(C)C)[C@H](O[C@@H]4O[C@H](CO)[C@@H](O)[C@H](O)[C@H]4O)[C@H]3O)O[C@H](CO)[C@@H](O)[C@@H]2O)[C@H](O)[C@H](O)[C@H]1O. The van der Waals surface area contributed by atoms with Crippen LogP contribution >= 0.6 is 0 Å². The molecule has 30 atom stereocenters. The molecule has 0 aromatic heterocycles. The van der Waals surface area contributed by atoms with Crippen molar-refractivity contribution in [1.29, 1.82) is 0 Å². The second kappa shape index (κ2) is 20.1. The quantitative estimate of drug-likeness (QED) is 0.0827. The molecule has 10 rings (SSSR count). The molecule has 430 valence electrons. The van der Waals surface area contributed by atoms with Gasteiger partial charge in [-0.1, -0.05) is 41.5 Å². The van der Waals surface area contributed by atoms with Gasteiger partial charge in [0, 0.05) is 16.2 Å². The fourth-order valence-electron chi connectivity index (χ4n) is 17.6. The molecule has 22 heteroatoms. The van der Waals surface area contributed by atoms with E-state index in [0.717, 1.165) is 51.2 Å². The van der Waals surface area contributed by atoms with Gasteiger partial charge in [-0.3, -0.25) is 0 Å². The molecule has 0 amide bonds. The third-order valence-electron chi connectivity index (χ3n) is 22.3. The molecule has 5 saturated carbocycles. The van der Waals surface area contributed by atoms with Crippen LogP contribution in [-0.4, -0.2) is 229 Å². The monoisotopic (exact) mass is 1070 g/mol. The Morgan fingerprint density at radius 1 is 0.560 bits per heavy atom. The molecule has 5 saturated heterocycles. The Kier molecular flexibility index (Phi) is 15.3. The van der Waals surface area contributed by atoms with Crippen molar-refractivity contribution in [2.24, 2.45) is 50.2 Å². The predicted octanol–water partition coefficient (Wildman–Crippen LogP) is -1.50. The minimum absolute atomic E-state index is 0.0717. The number of aliphatic hydroxyl groups is 12. The number of carbonyl (C=O) groups is 1. The van der Waals surface area contributed by atoms with E-state index in [9.17, 15) is 66.1 Å². The third kappa shape index (κ3) is 8.54. The van der Waals surface area contributed by atoms with Crippen LogP contribution in [0.1, 0.15) is 113 Å². The minimum Gasteiger partial charge on any atom is -0.394 e. The molecular formula is C53H86O22. The largest absolute Gasteiger partial charge is 0.394 e. The molecule has 0 aromatic rings. The summed E-state index contributed by atoms with van der Waals surface area (Å²) in [5.41, 5.74) is -2.58. The van der Waals surface area contributed by atoms with Gasteiger partial charge in [-0.25, -0.2) is 0 Å². The fraction of sp³-hybridized carbons (Fsp3) is 0.981. The summed E-state index contributed by atoms with van der Waals surface area (Å²) in [6.07, 6.45) is -23.3. The molecule has 2 bridgehead atoms. The second-order valence-corrected chi connectivity index (χ2v) is 26.2. The van der Waals surface area contributed by atoms with E-state index in [1.54, 1.807) is 0 Å². The van der Waals surface area contributed by atoms with Gasteiger partial charge >= 0.3 is 0 Å². The molecular weight excluding hydrogens is 989 g/mol. The first-order valence-corrected chi connectivity index (χ1v) is 27.5. The highest BCUT2D eigenvalue weighted by atomic mass is 16.8. The summed E-state index contributed by atoms with van der Waals surface area (Å²) in [7, 11) is 0. The molecule has 5 heterocycles. The Labute approximate surface area is 437 Å². The van der Waals surface area contributed by atoms with E-state index in [1.807, 2.05) is 0 Å². The van der Waals surface area contributed by atoms with Crippen LogP contribution in [0.3, 0.4) is 0 Å². The summed E-state index contributed by atoms with van der Waals surface area (Å²) in [6, 6.07) is 0. The standard InChI is InChI=1S/C53H86O22/c1-23-32(58)36(62)39(65)43(69-23)75-42-38(64)34(60)25(19-55)71-46(42)72-26-20-67-45(41(35(26)61)74-44-40(66)37(63)33(59)24(18-54)70-44)73-31-10-11-49(5)27(47(31,2)3)8-12-50(6)28(49)9-13-53-29-16-48(4,21-56)14-15-52(29,22-68-53)30(57)17-51(50,53)7/h21,23-46,54-55,57-66H,8-20,22H2,1-7H3/t23-,24+,25+,26-,27-,28+,29?,30+,31-,32-,33+,34+,35-,36+,37-,38-,39+,40+,41+,42+,43-,44-,45-,46-,48-,49-,50+,51-,52+,53-/m0/s1. The molecule has 10 aliphatic rings. The maximum absolute atomic E-state index is 12.6. The average Bonchev–Trinajstić information content (AvgIpc) is 3.66. The van der Waals surface area contributed by atoms with E-state index >= 15 is 0 Å². The highest BCUT2D eigenvalue weighted by molar-refractivity contribution is 5.59. The first-order chi connectivity index (χ1) is 35.2. The summed E-state index contributed by atoms with van der Waals surface area (Å²) in [5.74, 6) is 0.451. The van der Waals surface area contributed by atoms with Crippen LogP contribution in [0.15, 0.2) is 0 Å². The summed E-state index contributed by atoms with van der Waals surface area (Å²) >= 11 is 0. The van der Waals surface area contributed by atoms with Crippen molar-refractivity contribution >= 4 is 6.29 Å². The fourth-order valence-corrected chi connectivity index (χ4v) is 17.6. The van der Waals surface area contributed by atoms with Crippen LogP contribution in [0.2, 0.25) is 0 Å². The van der Waals surface area contributed by atoms with Gasteiger partial charge in [-0.15, -0.1) is 0 Å². The lowest BCUT2D eigenvalue weighted by molar-refractivity contribution is -0.394. The number of carbonyl (C=O) groups excluding carboxylic acids is 1. The van der Waals surface area contributed by atoms with Gasteiger partial charge in [-0.2, -0.15) is 0 Å². The van der Waals surface area contributed by atoms with Crippen LogP contribution in [-0.2, 0) is 47.4 Å². The average molecular weight is 1080 g/mol. The van der Waals surface area contributed by atoms with Crippen molar-refractivity contribution in [1.82, 2.24) is 0 Å². The molecule has 5 aliphatic carbocycles. The molecule has 10 fully saturated rings. The van der Waals surface area contributed by atoms with E-state index in [0.29, 0.717) is 25.9 Å². The molecule has 1 spiro atoms. The van der Waals surface area contributed by atoms with Crippen molar-refractivity contribution < 1.29 is 109 Å². The van der Waals surface area contributed by atoms with E-state index in [4.69, 9.17) is 42.6 Å². The Bertz CT molecular complexity index is 2050. The third-order valence-corrected chi connectivity index (χ3v) is 22.3. The number of hydrogen-bond acceptors (Lipinski definition) is 22. The molecule has 0 radical (unpaired) electrons. The number of rotatable bonds is 11. The van der Waals surface area contributed by atoms with Crippen LogP contribution in [0.4, 0.5) is 0 Å². The lowest BCUT2D eigenvalue weighted by Crippen LogP contribution is -2.74. The van der Waals surface area contributed by atoms with Gasteiger partial charge in [0.2, 0.25) is 0 Å². The lowest BCUT2D eigenvalue weighted by atomic mass is 9.30. The maximum Gasteiger partial charge on any atom is 0.187 e. The zero-order chi connectivity index (χ0) is 54.3. The van der Waals surface area contributed by atoms with E-state index in [2.05, 4.69) is 41.5 Å². The van der Waals surface area contributed by atoms with Crippen LogP contribution in [0, 0.1) is 50.2 Å². The van der Waals surface area contributed by atoms with Crippen molar-refractivity contribution in [3.63, 3.8) is 0 Å². The Morgan fingerprint density at radius 3 is 1.81 bits per heavy atom. The van der Waals surface area contributed by atoms with Gasteiger partial charge in [-0.05, 0) is 105 Å². The number of hydrogen-bond donors (Lipinski definition) is 12. The summed E-state index contributed by atoms with van der Waals surface area (Å²) in [6.45, 7) is 13.6. The summed E-state index contributed by atoms with van der Waals surface area (Å²) in [5, 5.41) is 131. The molecule has 1 unspecified atom stereocenters. The van der Waals surface area contributed by atoms with Gasteiger partial charge in [0.05, 0.1) is 50.3 Å². The molecule has 22 nitrogen and oxygen atoms in total. The van der Waals surface area contributed by atoms with Gasteiger partial charge in [0.25, 0.3) is 0 Å². The Morgan fingerprint density at radius 2 is 1.16 bits per heavy atom. The summed E-state index contributed by atoms with van der Waals surface area (Å²) < 4.78 is 56.3. The van der Waals surface area contributed by atoms with Gasteiger partial charge < -0.3 is 109 Å². The highest BCUT2D eigenvalue weighted by Gasteiger charge is 2.80. The number of fused-ring (bicyclic) bond motifs is 4. The normalized spacial score (nSPS) is 58.5. The maximum atomic E-state index is 12.6. The first kappa shape index (κ1) is 57.1.